The summed E-state index contributed by atoms with van der Waals surface area (Å²) in [5.41, 5.74) is 2.41. The molecule has 0 spiro atoms. The average Bonchev–Trinajstić information content (AvgIpc) is 2.88. The van der Waals surface area contributed by atoms with Gasteiger partial charge in [-0.3, -0.25) is 0 Å². The first-order valence-electron chi connectivity index (χ1n) is 6.47. The molecule has 2 aliphatic rings. The highest BCUT2D eigenvalue weighted by atomic mass is 19.1. The molecule has 92 valence electrons. The Labute approximate surface area is 102 Å². The molecule has 2 heterocycles. The smallest absolute Gasteiger partial charge is 0.125 e. The third kappa shape index (κ3) is 2.04. The normalized spacial score (nSPS) is 24.4. The fourth-order valence-corrected chi connectivity index (χ4v) is 3.07. The molecule has 0 N–H and O–H groups in total. The Morgan fingerprint density at radius 3 is 3.00 bits per heavy atom. The fourth-order valence-electron chi connectivity index (χ4n) is 3.07. The SMILES string of the molecule is CN1CCC[C@@H]1CN1CCc2ccc(F)cc21. The highest BCUT2D eigenvalue weighted by Gasteiger charge is 2.26. The Balaban J connectivity index is 1.76. The van der Waals surface area contributed by atoms with Gasteiger partial charge in [0.15, 0.2) is 0 Å². The molecule has 0 unspecified atom stereocenters. The molecule has 1 atom stereocenters. The number of likely N-dealkylation sites (N-methyl/N-ethyl adjacent to an activating group) is 1. The van der Waals surface area contributed by atoms with Gasteiger partial charge >= 0.3 is 0 Å². The number of rotatable bonds is 2. The maximum atomic E-state index is 13.3. The van der Waals surface area contributed by atoms with Gasteiger partial charge in [-0.25, -0.2) is 4.39 Å². The lowest BCUT2D eigenvalue weighted by molar-refractivity contribution is 0.312. The summed E-state index contributed by atoms with van der Waals surface area (Å²) in [6.07, 6.45) is 3.63. The maximum Gasteiger partial charge on any atom is 0.125 e. The van der Waals surface area contributed by atoms with E-state index in [-0.39, 0.29) is 5.82 Å². The van der Waals surface area contributed by atoms with Crippen molar-refractivity contribution in [2.45, 2.75) is 25.3 Å². The third-order valence-corrected chi connectivity index (χ3v) is 4.14. The summed E-state index contributed by atoms with van der Waals surface area (Å²) >= 11 is 0. The van der Waals surface area contributed by atoms with Crippen LogP contribution in [-0.2, 0) is 6.42 Å². The van der Waals surface area contributed by atoms with Gasteiger partial charge < -0.3 is 9.80 Å². The molecule has 0 radical (unpaired) electrons. The van der Waals surface area contributed by atoms with Crippen LogP contribution in [0, 0.1) is 5.82 Å². The molecule has 1 saturated heterocycles. The lowest BCUT2D eigenvalue weighted by atomic mass is 10.1. The highest BCUT2D eigenvalue weighted by molar-refractivity contribution is 5.58. The summed E-state index contributed by atoms with van der Waals surface area (Å²) in [7, 11) is 2.19. The molecule has 0 bridgehead atoms. The van der Waals surface area contributed by atoms with Gasteiger partial charge in [0.25, 0.3) is 0 Å². The molecule has 1 aromatic carbocycles. The zero-order valence-electron chi connectivity index (χ0n) is 10.3. The van der Waals surface area contributed by atoms with Gasteiger partial charge in [0, 0.05) is 24.8 Å². The number of fused-ring (bicyclic) bond motifs is 1. The van der Waals surface area contributed by atoms with Crippen LogP contribution in [-0.4, -0.2) is 37.6 Å². The van der Waals surface area contributed by atoms with E-state index in [4.69, 9.17) is 0 Å². The number of anilines is 1. The number of likely N-dealkylation sites (tertiary alicyclic amines) is 1. The van der Waals surface area contributed by atoms with Gasteiger partial charge in [-0.2, -0.15) is 0 Å². The summed E-state index contributed by atoms with van der Waals surface area (Å²) in [6.45, 7) is 3.30. The minimum atomic E-state index is -0.115. The molecule has 1 aromatic rings. The number of hydrogen-bond acceptors (Lipinski definition) is 2. The lowest BCUT2D eigenvalue weighted by Crippen LogP contribution is -2.37. The Kier molecular flexibility index (Phi) is 2.79. The van der Waals surface area contributed by atoms with E-state index in [0.29, 0.717) is 6.04 Å². The summed E-state index contributed by atoms with van der Waals surface area (Å²) < 4.78 is 13.3. The zero-order valence-corrected chi connectivity index (χ0v) is 10.3. The van der Waals surface area contributed by atoms with E-state index in [1.807, 2.05) is 6.07 Å². The molecule has 0 aliphatic carbocycles. The predicted molar refractivity (Wildman–Crippen MR) is 68.0 cm³/mol. The first kappa shape index (κ1) is 11.0. The minimum absolute atomic E-state index is 0.115. The van der Waals surface area contributed by atoms with E-state index in [0.717, 1.165) is 25.2 Å². The summed E-state index contributed by atoms with van der Waals surface area (Å²) in [4.78, 5) is 4.78. The van der Waals surface area contributed by atoms with E-state index < -0.39 is 0 Å². The Hall–Kier alpha value is -1.09. The molecular formula is C14H19FN2. The second-order valence-electron chi connectivity index (χ2n) is 5.25. The second kappa shape index (κ2) is 4.30. The van der Waals surface area contributed by atoms with Crippen LogP contribution in [0.15, 0.2) is 18.2 Å². The van der Waals surface area contributed by atoms with Crippen LogP contribution in [0.1, 0.15) is 18.4 Å². The van der Waals surface area contributed by atoms with E-state index >= 15 is 0 Å². The Morgan fingerprint density at radius 2 is 2.24 bits per heavy atom. The van der Waals surface area contributed by atoms with Crippen LogP contribution in [0.25, 0.3) is 0 Å². The number of benzene rings is 1. The molecule has 17 heavy (non-hydrogen) atoms. The van der Waals surface area contributed by atoms with E-state index in [1.165, 1.54) is 24.9 Å². The molecule has 3 rings (SSSR count). The molecule has 3 heteroatoms. The van der Waals surface area contributed by atoms with E-state index in [9.17, 15) is 4.39 Å². The lowest BCUT2D eigenvalue weighted by Gasteiger charge is -2.27. The molecule has 0 amide bonds. The quantitative estimate of drug-likeness (QED) is 0.774. The van der Waals surface area contributed by atoms with Crippen LogP contribution < -0.4 is 4.90 Å². The van der Waals surface area contributed by atoms with Gasteiger partial charge in [-0.1, -0.05) is 6.07 Å². The number of halogens is 1. The maximum absolute atomic E-state index is 13.3. The summed E-state index contributed by atoms with van der Waals surface area (Å²) in [6, 6.07) is 5.84. The van der Waals surface area contributed by atoms with E-state index in [2.05, 4.69) is 16.8 Å². The standard InChI is InChI=1S/C14H19FN2/c1-16-7-2-3-13(16)10-17-8-6-11-4-5-12(15)9-14(11)17/h4-5,9,13H,2-3,6-8,10H2,1H3/t13-/m1/s1. The molecule has 0 aromatic heterocycles. The van der Waals surface area contributed by atoms with Crippen molar-refractivity contribution in [3.8, 4) is 0 Å². The fraction of sp³-hybridized carbons (Fsp3) is 0.571. The van der Waals surface area contributed by atoms with Gasteiger partial charge in [-0.05, 0) is 50.6 Å². The van der Waals surface area contributed by atoms with Gasteiger partial charge in [0.05, 0.1) is 0 Å². The molecule has 1 fully saturated rings. The third-order valence-electron chi connectivity index (χ3n) is 4.14. The van der Waals surface area contributed by atoms with E-state index in [1.54, 1.807) is 12.1 Å². The first-order valence-corrected chi connectivity index (χ1v) is 6.47. The topological polar surface area (TPSA) is 6.48 Å². The second-order valence-corrected chi connectivity index (χ2v) is 5.25. The van der Waals surface area contributed by atoms with Crippen molar-refractivity contribution in [1.82, 2.24) is 4.90 Å². The number of hydrogen-bond donors (Lipinski definition) is 0. The Morgan fingerprint density at radius 1 is 1.35 bits per heavy atom. The molecule has 2 aliphatic heterocycles. The van der Waals surface area contributed by atoms with Crippen molar-refractivity contribution in [2.24, 2.45) is 0 Å². The number of nitrogens with zero attached hydrogens (tertiary/aromatic N) is 2. The van der Waals surface area contributed by atoms with Crippen LogP contribution in [0.4, 0.5) is 10.1 Å². The molecular weight excluding hydrogens is 215 g/mol. The molecule has 0 saturated carbocycles. The van der Waals surface area contributed by atoms with Crippen LogP contribution in [0.5, 0.6) is 0 Å². The summed E-state index contributed by atoms with van der Waals surface area (Å²) in [5.74, 6) is -0.115. The average molecular weight is 234 g/mol. The summed E-state index contributed by atoms with van der Waals surface area (Å²) in [5, 5.41) is 0. The van der Waals surface area contributed by atoms with Crippen LogP contribution >= 0.6 is 0 Å². The molecule has 2 nitrogen and oxygen atoms in total. The van der Waals surface area contributed by atoms with Crippen molar-refractivity contribution >= 4 is 5.69 Å². The van der Waals surface area contributed by atoms with Crippen molar-refractivity contribution in [3.63, 3.8) is 0 Å². The van der Waals surface area contributed by atoms with Crippen LogP contribution in [0.2, 0.25) is 0 Å². The monoisotopic (exact) mass is 234 g/mol. The highest BCUT2D eigenvalue weighted by Crippen LogP contribution is 2.30. The zero-order chi connectivity index (χ0) is 11.8. The minimum Gasteiger partial charge on any atom is -0.369 e. The first-order chi connectivity index (χ1) is 8.24. The largest absolute Gasteiger partial charge is 0.369 e. The Bertz CT molecular complexity index is 419. The van der Waals surface area contributed by atoms with Gasteiger partial charge in [0.2, 0.25) is 0 Å². The van der Waals surface area contributed by atoms with Crippen molar-refractivity contribution < 1.29 is 4.39 Å². The van der Waals surface area contributed by atoms with Gasteiger partial charge in [-0.15, -0.1) is 0 Å². The van der Waals surface area contributed by atoms with Crippen molar-refractivity contribution in [2.75, 3.05) is 31.6 Å². The van der Waals surface area contributed by atoms with Crippen LogP contribution in [0.3, 0.4) is 0 Å². The predicted octanol–water partition coefficient (Wildman–Crippen LogP) is 2.28. The van der Waals surface area contributed by atoms with Crippen molar-refractivity contribution in [1.29, 1.82) is 0 Å². The van der Waals surface area contributed by atoms with Gasteiger partial charge in [0.1, 0.15) is 5.82 Å². The van der Waals surface area contributed by atoms with Crippen molar-refractivity contribution in [3.05, 3.63) is 29.6 Å².